The number of nitrogens with zero attached hydrogens (tertiary/aromatic N) is 2. The summed E-state index contributed by atoms with van der Waals surface area (Å²) in [5, 5.41) is 10.8. The van der Waals surface area contributed by atoms with Crippen molar-refractivity contribution >= 4 is 0 Å². The lowest BCUT2D eigenvalue weighted by Crippen LogP contribution is -2.28. The largest absolute Gasteiger partial charge is 0.358 e. The second-order valence-corrected chi connectivity index (χ2v) is 3.38. The normalized spacial score (nSPS) is 11.6. The van der Waals surface area contributed by atoms with E-state index in [0.29, 0.717) is 18.4 Å². The third-order valence-electron chi connectivity index (χ3n) is 2.19. The summed E-state index contributed by atoms with van der Waals surface area (Å²) in [7, 11) is 0. The smallest absolute Gasteiger partial charge is 0.333 e. The molecule has 0 saturated heterocycles. The molecule has 0 aliphatic carbocycles. The monoisotopic (exact) mass is 234 g/mol. The van der Waals surface area contributed by atoms with E-state index in [9.17, 15) is 10.1 Å². The van der Waals surface area contributed by atoms with Crippen LogP contribution in [0.25, 0.3) is 0 Å². The molecule has 0 aromatic carbocycles. The fourth-order valence-corrected chi connectivity index (χ4v) is 1.46. The van der Waals surface area contributed by atoms with E-state index in [1.807, 2.05) is 6.07 Å². The van der Waals surface area contributed by atoms with Crippen LogP contribution in [0.5, 0.6) is 0 Å². The molecule has 0 saturated carbocycles. The van der Waals surface area contributed by atoms with E-state index in [0.717, 1.165) is 5.56 Å². The molecule has 0 amide bonds. The van der Waals surface area contributed by atoms with Crippen LogP contribution in [-0.4, -0.2) is 9.91 Å². The summed E-state index contributed by atoms with van der Waals surface area (Å²) >= 11 is 0. The summed E-state index contributed by atoms with van der Waals surface area (Å²) < 4.78 is 0. The van der Waals surface area contributed by atoms with Gasteiger partial charge in [0.05, 0.1) is 0 Å². The molecule has 6 nitrogen and oxygen atoms in total. The summed E-state index contributed by atoms with van der Waals surface area (Å²) in [5.41, 5.74) is 3.58. The van der Waals surface area contributed by atoms with Gasteiger partial charge in [0.15, 0.2) is 0 Å². The van der Waals surface area contributed by atoms with Crippen molar-refractivity contribution in [2.24, 2.45) is 5.84 Å². The van der Waals surface area contributed by atoms with Crippen LogP contribution in [0.4, 0.5) is 0 Å². The van der Waals surface area contributed by atoms with Gasteiger partial charge in [-0.2, -0.15) is 11.3 Å². The maximum Gasteiger partial charge on any atom is 0.333 e. The molecular formula is C11H14N4O2. The lowest BCUT2D eigenvalue weighted by atomic mass is 10.0. The summed E-state index contributed by atoms with van der Waals surface area (Å²) in [4.78, 5) is 14.2. The molecular weight excluding hydrogens is 220 g/mol. The van der Waals surface area contributed by atoms with Gasteiger partial charge in [-0.15, -0.1) is 6.58 Å². The van der Waals surface area contributed by atoms with Crippen molar-refractivity contribution in [1.29, 1.82) is 0 Å². The second-order valence-electron chi connectivity index (χ2n) is 3.38. The van der Waals surface area contributed by atoms with Gasteiger partial charge in [-0.25, -0.2) is 0 Å². The number of aromatic nitrogens is 1. The third-order valence-corrected chi connectivity index (χ3v) is 2.19. The van der Waals surface area contributed by atoms with Crippen LogP contribution in [0.1, 0.15) is 12.0 Å². The fourth-order valence-electron chi connectivity index (χ4n) is 1.46. The molecule has 90 valence electrons. The minimum absolute atomic E-state index is 0.186. The van der Waals surface area contributed by atoms with Crippen molar-refractivity contribution < 1.29 is 4.92 Å². The molecule has 1 aromatic rings. The van der Waals surface area contributed by atoms with Gasteiger partial charge in [-0.05, 0) is 23.0 Å². The third kappa shape index (κ3) is 3.69. The number of hydrogen-bond donors (Lipinski definition) is 2. The second kappa shape index (κ2) is 6.39. The average Bonchev–Trinajstić information content (AvgIpc) is 2.31. The van der Waals surface area contributed by atoms with E-state index in [1.165, 1.54) is 0 Å². The summed E-state index contributed by atoms with van der Waals surface area (Å²) in [6.07, 6.45) is 5.73. The summed E-state index contributed by atoms with van der Waals surface area (Å²) in [6.45, 7) is 3.58. The van der Waals surface area contributed by atoms with Crippen molar-refractivity contribution in [2.45, 2.75) is 12.8 Å². The van der Waals surface area contributed by atoms with E-state index >= 15 is 0 Å². The predicted octanol–water partition coefficient (Wildman–Crippen LogP) is 1.15. The maximum absolute atomic E-state index is 10.8. The first-order valence-corrected chi connectivity index (χ1v) is 5.02. The Morgan fingerprint density at radius 1 is 1.71 bits per heavy atom. The van der Waals surface area contributed by atoms with Crippen LogP contribution >= 0.6 is 0 Å². The molecule has 1 heterocycles. The predicted molar refractivity (Wildman–Crippen MR) is 64.1 cm³/mol. The average molecular weight is 234 g/mol. The highest BCUT2D eigenvalue weighted by Gasteiger charge is 2.14. The molecule has 1 aromatic heterocycles. The van der Waals surface area contributed by atoms with Crippen LogP contribution in [-0.2, 0) is 6.42 Å². The summed E-state index contributed by atoms with van der Waals surface area (Å²) in [5.74, 6) is 4.97. The molecule has 0 atom stereocenters. The Kier molecular flexibility index (Phi) is 4.83. The number of nitrogens with two attached hydrogens (primary N) is 1. The minimum atomic E-state index is -0.533. The van der Waals surface area contributed by atoms with E-state index in [-0.39, 0.29) is 5.82 Å². The first-order chi connectivity index (χ1) is 8.19. The maximum atomic E-state index is 10.8. The lowest BCUT2D eigenvalue weighted by Gasteiger charge is -2.07. The van der Waals surface area contributed by atoms with Gasteiger partial charge in [0.25, 0.3) is 0 Å². The molecule has 0 aliphatic heterocycles. The Morgan fingerprint density at radius 2 is 2.47 bits per heavy atom. The topological polar surface area (TPSA) is 94.1 Å². The molecule has 0 aliphatic rings. The van der Waals surface area contributed by atoms with Crippen LogP contribution in [0.3, 0.4) is 0 Å². The van der Waals surface area contributed by atoms with E-state index in [4.69, 9.17) is 5.84 Å². The molecule has 6 heteroatoms. The van der Waals surface area contributed by atoms with Crippen LogP contribution in [0, 0.1) is 10.1 Å². The number of nitro groups is 1. The van der Waals surface area contributed by atoms with Crippen molar-refractivity contribution in [3.05, 3.63) is 64.3 Å². The number of hydrazine groups is 1. The molecule has 0 bridgehead atoms. The van der Waals surface area contributed by atoms with Gasteiger partial charge in [0.1, 0.15) is 0 Å². The quantitative estimate of drug-likeness (QED) is 0.333. The lowest BCUT2D eigenvalue weighted by molar-refractivity contribution is -0.433. The molecule has 0 spiro atoms. The number of rotatable bonds is 6. The molecule has 0 radical (unpaired) electrons. The van der Waals surface area contributed by atoms with E-state index < -0.39 is 4.92 Å². The Labute approximate surface area is 99.0 Å². The van der Waals surface area contributed by atoms with Gasteiger partial charge in [0.2, 0.25) is 0 Å². The molecule has 17 heavy (non-hydrogen) atoms. The first kappa shape index (κ1) is 12.9. The van der Waals surface area contributed by atoms with Gasteiger partial charge in [-0.3, -0.25) is 4.98 Å². The zero-order chi connectivity index (χ0) is 12.7. The van der Waals surface area contributed by atoms with E-state index in [2.05, 4.69) is 17.0 Å². The van der Waals surface area contributed by atoms with Gasteiger partial charge in [-0.1, -0.05) is 12.1 Å². The zero-order valence-electron chi connectivity index (χ0n) is 9.30. The molecule has 0 unspecified atom stereocenters. The fraction of sp³-hybridized carbons (Fsp3) is 0.182. The molecule has 1 rings (SSSR count). The van der Waals surface area contributed by atoms with Crippen molar-refractivity contribution in [1.82, 2.24) is 10.4 Å². The number of allylic oxidation sites excluding steroid dienone is 2. The van der Waals surface area contributed by atoms with Crippen LogP contribution < -0.4 is 11.3 Å². The Hall–Kier alpha value is -2.21. The highest BCUT2D eigenvalue weighted by molar-refractivity contribution is 5.21. The molecule has 3 N–H and O–H groups in total. The minimum Gasteiger partial charge on any atom is -0.358 e. The van der Waals surface area contributed by atoms with Crippen LogP contribution in [0.2, 0.25) is 0 Å². The highest BCUT2D eigenvalue weighted by Crippen LogP contribution is 2.14. The summed E-state index contributed by atoms with van der Waals surface area (Å²) in [6, 6.07) is 3.63. The Balaban J connectivity index is 3.01. The number of pyridine rings is 1. The molecule has 0 fully saturated rings. The number of hydrogen-bond acceptors (Lipinski definition) is 5. The number of nitrogens with one attached hydrogen (secondary N) is 1. The van der Waals surface area contributed by atoms with Crippen molar-refractivity contribution in [3.63, 3.8) is 0 Å². The zero-order valence-corrected chi connectivity index (χ0v) is 9.30. The van der Waals surface area contributed by atoms with Crippen molar-refractivity contribution in [2.75, 3.05) is 0 Å². The van der Waals surface area contributed by atoms with Gasteiger partial charge in [0, 0.05) is 24.4 Å². The van der Waals surface area contributed by atoms with E-state index in [1.54, 1.807) is 24.5 Å². The van der Waals surface area contributed by atoms with Gasteiger partial charge < -0.3 is 10.1 Å². The van der Waals surface area contributed by atoms with Crippen LogP contribution in [0.15, 0.2) is 48.6 Å². The highest BCUT2D eigenvalue weighted by atomic mass is 16.6. The Morgan fingerprint density at radius 3 is 2.94 bits per heavy atom. The van der Waals surface area contributed by atoms with Crippen molar-refractivity contribution in [3.8, 4) is 0 Å². The Bertz CT molecular complexity index is 428. The SMILES string of the molecule is C=CCC(Cc1cccnc1)=C(NN)[N+](=O)[O-]. The van der Waals surface area contributed by atoms with Gasteiger partial charge >= 0.3 is 5.82 Å². The first-order valence-electron chi connectivity index (χ1n) is 5.02. The standard InChI is InChI=1S/C11H14N4O2/c1-2-4-10(11(14-12)15(16)17)7-9-5-3-6-13-8-9/h2-3,5-6,8,14H,1,4,7,12H2.